The average molecular weight is 509 g/mol. The molecule has 0 unspecified atom stereocenters. The van der Waals surface area contributed by atoms with Crippen LogP contribution in [0, 0.1) is 0 Å². The molecule has 0 aliphatic carbocycles. The number of carbonyl (C=O) groups excluding carboxylic acids is 2. The Balaban J connectivity index is 1.61. The van der Waals surface area contributed by atoms with E-state index in [1.54, 1.807) is 24.3 Å². The summed E-state index contributed by atoms with van der Waals surface area (Å²) in [6.07, 6.45) is 14.6. The SMILES string of the molecule is CCCCCCCCCCCCCC(=O)NCc1ccc(C(=O)N[C@@H](Cc2ccccc2)C(=O)O)cc1. The molecule has 0 saturated heterocycles. The summed E-state index contributed by atoms with van der Waals surface area (Å²) >= 11 is 0. The topological polar surface area (TPSA) is 95.5 Å². The Morgan fingerprint density at radius 3 is 1.86 bits per heavy atom. The second kappa shape index (κ2) is 18.1. The zero-order valence-corrected chi connectivity index (χ0v) is 22.3. The van der Waals surface area contributed by atoms with E-state index in [-0.39, 0.29) is 12.3 Å². The van der Waals surface area contributed by atoms with Crippen LogP contribution in [-0.2, 0) is 22.6 Å². The number of nitrogens with one attached hydrogen (secondary N) is 2. The fourth-order valence-electron chi connectivity index (χ4n) is 4.30. The lowest BCUT2D eigenvalue weighted by molar-refractivity contribution is -0.139. The van der Waals surface area contributed by atoms with Crippen LogP contribution >= 0.6 is 0 Å². The molecular formula is C31H44N2O4. The summed E-state index contributed by atoms with van der Waals surface area (Å²) in [6.45, 7) is 2.65. The molecule has 0 aliphatic rings. The molecular weight excluding hydrogens is 464 g/mol. The second-order valence-corrected chi connectivity index (χ2v) is 9.81. The first kappa shape index (κ1) is 30.1. The Morgan fingerprint density at radius 1 is 0.730 bits per heavy atom. The van der Waals surface area contributed by atoms with E-state index in [4.69, 9.17) is 0 Å². The van der Waals surface area contributed by atoms with Crippen molar-refractivity contribution in [3.8, 4) is 0 Å². The number of carboxylic acid groups (broad SMARTS) is 1. The summed E-state index contributed by atoms with van der Waals surface area (Å²) in [6, 6.07) is 15.1. The van der Waals surface area contributed by atoms with Gasteiger partial charge in [0.1, 0.15) is 6.04 Å². The normalized spacial score (nSPS) is 11.6. The van der Waals surface area contributed by atoms with Crippen molar-refractivity contribution in [3.05, 3.63) is 71.3 Å². The summed E-state index contributed by atoms with van der Waals surface area (Å²) in [5.41, 5.74) is 2.12. The van der Waals surface area contributed by atoms with Crippen molar-refractivity contribution in [2.24, 2.45) is 0 Å². The molecule has 202 valence electrons. The van der Waals surface area contributed by atoms with Gasteiger partial charge in [0.25, 0.3) is 5.91 Å². The van der Waals surface area contributed by atoms with Gasteiger partial charge in [-0.25, -0.2) is 4.79 Å². The fraction of sp³-hybridized carbons (Fsp3) is 0.516. The molecule has 0 heterocycles. The van der Waals surface area contributed by atoms with Crippen LogP contribution in [0.5, 0.6) is 0 Å². The summed E-state index contributed by atoms with van der Waals surface area (Å²) in [5, 5.41) is 15.0. The largest absolute Gasteiger partial charge is 0.480 e. The van der Waals surface area contributed by atoms with Crippen LogP contribution in [0.2, 0.25) is 0 Å². The number of hydrogen-bond acceptors (Lipinski definition) is 3. The quantitative estimate of drug-likeness (QED) is 0.191. The van der Waals surface area contributed by atoms with E-state index < -0.39 is 17.9 Å². The standard InChI is InChI=1S/C31H44N2O4/c1-2-3-4-5-6-7-8-9-10-11-15-18-29(34)32-24-26-19-21-27(22-20-26)30(35)33-28(31(36)37)23-25-16-13-12-14-17-25/h12-14,16-17,19-22,28H,2-11,15,18,23-24H2,1H3,(H,32,34)(H,33,35)(H,36,37)/t28-/m0/s1. The van der Waals surface area contributed by atoms with Crippen molar-refractivity contribution in [1.29, 1.82) is 0 Å². The van der Waals surface area contributed by atoms with Gasteiger partial charge in [0.2, 0.25) is 5.91 Å². The summed E-state index contributed by atoms with van der Waals surface area (Å²) in [7, 11) is 0. The van der Waals surface area contributed by atoms with Gasteiger partial charge in [0.05, 0.1) is 0 Å². The van der Waals surface area contributed by atoms with Gasteiger partial charge in [-0.15, -0.1) is 0 Å². The van der Waals surface area contributed by atoms with E-state index in [0.717, 1.165) is 24.0 Å². The Labute approximate surface area is 222 Å². The molecule has 2 rings (SSSR count). The lowest BCUT2D eigenvalue weighted by Crippen LogP contribution is -2.42. The molecule has 2 amide bonds. The minimum atomic E-state index is -1.07. The minimum absolute atomic E-state index is 0.0444. The van der Waals surface area contributed by atoms with Crippen LogP contribution in [-0.4, -0.2) is 28.9 Å². The highest BCUT2D eigenvalue weighted by Gasteiger charge is 2.21. The van der Waals surface area contributed by atoms with E-state index in [0.29, 0.717) is 18.5 Å². The molecule has 2 aromatic rings. The lowest BCUT2D eigenvalue weighted by atomic mass is 10.0. The van der Waals surface area contributed by atoms with Crippen molar-refractivity contribution >= 4 is 17.8 Å². The van der Waals surface area contributed by atoms with E-state index in [9.17, 15) is 19.5 Å². The third kappa shape index (κ3) is 13.1. The number of amides is 2. The zero-order chi connectivity index (χ0) is 26.7. The first-order chi connectivity index (χ1) is 18.0. The minimum Gasteiger partial charge on any atom is -0.480 e. The molecule has 0 aliphatic heterocycles. The molecule has 0 radical (unpaired) electrons. The molecule has 0 saturated carbocycles. The molecule has 0 fully saturated rings. The number of benzene rings is 2. The summed E-state index contributed by atoms with van der Waals surface area (Å²) in [5.74, 6) is -1.47. The maximum absolute atomic E-state index is 12.6. The van der Waals surface area contributed by atoms with Gasteiger partial charge in [0, 0.05) is 24.9 Å². The fourth-order valence-corrected chi connectivity index (χ4v) is 4.30. The van der Waals surface area contributed by atoms with E-state index in [1.165, 1.54) is 57.8 Å². The summed E-state index contributed by atoms with van der Waals surface area (Å²) < 4.78 is 0. The van der Waals surface area contributed by atoms with Crippen molar-refractivity contribution in [2.75, 3.05) is 0 Å². The third-order valence-corrected chi connectivity index (χ3v) is 6.60. The molecule has 0 spiro atoms. The van der Waals surface area contributed by atoms with Crippen molar-refractivity contribution in [2.45, 2.75) is 103 Å². The van der Waals surface area contributed by atoms with E-state index in [1.807, 2.05) is 30.3 Å². The Morgan fingerprint density at radius 2 is 1.30 bits per heavy atom. The van der Waals surface area contributed by atoms with E-state index >= 15 is 0 Å². The van der Waals surface area contributed by atoms with Crippen LogP contribution in [0.4, 0.5) is 0 Å². The van der Waals surface area contributed by atoms with Crippen LogP contribution in [0.1, 0.15) is 105 Å². The summed E-state index contributed by atoms with van der Waals surface area (Å²) in [4.78, 5) is 36.3. The van der Waals surface area contributed by atoms with Gasteiger partial charge in [0.15, 0.2) is 0 Å². The second-order valence-electron chi connectivity index (χ2n) is 9.81. The molecule has 0 bridgehead atoms. The van der Waals surface area contributed by atoms with Crippen molar-refractivity contribution in [1.82, 2.24) is 10.6 Å². The Kier molecular flexibility index (Phi) is 14.8. The zero-order valence-electron chi connectivity index (χ0n) is 22.3. The number of rotatable bonds is 19. The highest BCUT2D eigenvalue weighted by molar-refractivity contribution is 5.96. The average Bonchev–Trinajstić information content (AvgIpc) is 2.91. The van der Waals surface area contributed by atoms with Gasteiger partial charge in [-0.1, -0.05) is 114 Å². The third-order valence-electron chi connectivity index (χ3n) is 6.60. The van der Waals surface area contributed by atoms with Crippen molar-refractivity contribution in [3.63, 3.8) is 0 Å². The van der Waals surface area contributed by atoms with Gasteiger partial charge < -0.3 is 15.7 Å². The highest BCUT2D eigenvalue weighted by Crippen LogP contribution is 2.12. The number of carboxylic acids is 1. The highest BCUT2D eigenvalue weighted by atomic mass is 16.4. The maximum Gasteiger partial charge on any atom is 0.326 e. The maximum atomic E-state index is 12.6. The lowest BCUT2D eigenvalue weighted by Gasteiger charge is -2.15. The number of hydrogen-bond donors (Lipinski definition) is 3. The molecule has 2 aromatic carbocycles. The van der Waals surface area contributed by atoms with Crippen LogP contribution in [0.25, 0.3) is 0 Å². The molecule has 0 aromatic heterocycles. The first-order valence-electron chi connectivity index (χ1n) is 13.9. The predicted octanol–water partition coefficient (Wildman–Crippen LogP) is 6.43. The Bertz CT molecular complexity index is 928. The molecule has 37 heavy (non-hydrogen) atoms. The number of unbranched alkanes of at least 4 members (excludes halogenated alkanes) is 10. The molecule has 6 heteroatoms. The number of aliphatic carboxylic acids is 1. The number of carbonyl (C=O) groups is 3. The van der Waals surface area contributed by atoms with Gasteiger partial charge >= 0.3 is 5.97 Å². The van der Waals surface area contributed by atoms with Gasteiger partial charge in [-0.3, -0.25) is 9.59 Å². The predicted molar refractivity (Wildman–Crippen MR) is 148 cm³/mol. The molecule has 3 N–H and O–H groups in total. The monoisotopic (exact) mass is 508 g/mol. The van der Waals surface area contributed by atoms with Crippen molar-refractivity contribution < 1.29 is 19.5 Å². The van der Waals surface area contributed by atoms with E-state index in [2.05, 4.69) is 17.6 Å². The van der Waals surface area contributed by atoms with Gasteiger partial charge in [-0.05, 0) is 29.7 Å². The smallest absolute Gasteiger partial charge is 0.326 e. The van der Waals surface area contributed by atoms with Crippen LogP contribution in [0.15, 0.2) is 54.6 Å². The van der Waals surface area contributed by atoms with Crippen LogP contribution < -0.4 is 10.6 Å². The van der Waals surface area contributed by atoms with Gasteiger partial charge in [-0.2, -0.15) is 0 Å². The molecule has 1 atom stereocenters. The molecule has 6 nitrogen and oxygen atoms in total. The van der Waals surface area contributed by atoms with Crippen LogP contribution in [0.3, 0.4) is 0 Å². The first-order valence-corrected chi connectivity index (χ1v) is 13.9. The Hall–Kier alpha value is -3.15.